The molecule has 1 amide bonds. The zero-order valence-corrected chi connectivity index (χ0v) is 14.1. The van der Waals surface area contributed by atoms with E-state index in [4.69, 9.17) is 4.74 Å². The van der Waals surface area contributed by atoms with E-state index in [0.717, 1.165) is 28.3 Å². The number of nitrogens with one attached hydrogen (secondary N) is 1. The van der Waals surface area contributed by atoms with Gasteiger partial charge in [0, 0.05) is 18.2 Å². The van der Waals surface area contributed by atoms with Gasteiger partial charge in [-0.05, 0) is 31.5 Å². The van der Waals surface area contributed by atoms with Gasteiger partial charge in [-0.15, -0.1) is 0 Å². The summed E-state index contributed by atoms with van der Waals surface area (Å²) in [6.07, 6.45) is 2.62. The van der Waals surface area contributed by atoms with Crippen LogP contribution in [0.3, 0.4) is 0 Å². The molecule has 0 fully saturated rings. The number of amides is 1. The molecule has 2 heterocycles. The molecule has 0 spiro atoms. The zero-order valence-electron chi connectivity index (χ0n) is 13.3. The summed E-state index contributed by atoms with van der Waals surface area (Å²) >= 11 is 1.48. The minimum atomic E-state index is -0.194. The molecule has 3 rings (SSSR count). The van der Waals surface area contributed by atoms with E-state index in [9.17, 15) is 4.79 Å². The van der Waals surface area contributed by atoms with Gasteiger partial charge in [0.25, 0.3) is 0 Å². The van der Waals surface area contributed by atoms with Crippen molar-refractivity contribution in [1.82, 2.24) is 10.3 Å². The van der Waals surface area contributed by atoms with E-state index in [1.807, 2.05) is 56.4 Å². The first-order valence-corrected chi connectivity index (χ1v) is 8.63. The number of fused-ring (bicyclic) bond motifs is 1. The second-order valence-electron chi connectivity index (χ2n) is 5.67. The van der Waals surface area contributed by atoms with Gasteiger partial charge in [-0.2, -0.15) is 0 Å². The quantitative estimate of drug-likeness (QED) is 0.873. The van der Waals surface area contributed by atoms with Crippen molar-refractivity contribution >= 4 is 17.7 Å². The first-order valence-electron chi connectivity index (χ1n) is 7.75. The van der Waals surface area contributed by atoms with Gasteiger partial charge in [0.2, 0.25) is 5.91 Å². The molecule has 0 bridgehead atoms. The number of nitrogens with zero attached hydrogens (tertiary/aromatic N) is 1. The second-order valence-corrected chi connectivity index (χ2v) is 7.03. The standard InChI is InChI=1S/C18H20N2O2S/c1-12-7-8-17(19-11-12)23-13(2)18(21)20-15-9-10-22-16-6-4-3-5-14(15)16/h3-8,11,13,15H,9-10H2,1-2H3,(H,20,21). The van der Waals surface area contributed by atoms with E-state index in [-0.39, 0.29) is 17.2 Å². The summed E-state index contributed by atoms with van der Waals surface area (Å²) in [6, 6.07) is 11.9. The molecular weight excluding hydrogens is 308 g/mol. The van der Waals surface area contributed by atoms with Crippen molar-refractivity contribution in [2.24, 2.45) is 0 Å². The molecule has 23 heavy (non-hydrogen) atoms. The van der Waals surface area contributed by atoms with Crippen LogP contribution in [0.2, 0.25) is 0 Å². The van der Waals surface area contributed by atoms with Gasteiger partial charge < -0.3 is 10.1 Å². The van der Waals surface area contributed by atoms with E-state index in [0.29, 0.717) is 6.61 Å². The number of thioether (sulfide) groups is 1. The van der Waals surface area contributed by atoms with Crippen molar-refractivity contribution in [1.29, 1.82) is 0 Å². The Morgan fingerprint density at radius 3 is 2.96 bits per heavy atom. The van der Waals surface area contributed by atoms with E-state index < -0.39 is 0 Å². The van der Waals surface area contributed by atoms with Gasteiger partial charge in [-0.1, -0.05) is 36.0 Å². The Kier molecular flexibility index (Phi) is 4.86. The van der Waals surface area contributed by atoms with E-state index in [1.54, 1.807) is 0 Å². The molecule has 0 saturated heterocycles. The molecule has 1 aromatic heterocycles. The largest absolute Gasteiger partial charge is 0.493 e. The number of carbonyl (C=O) groups excluding carboxylic acids is 1. The van der Waals surface area contributed by atoms with Crippen molar-refractivity contribution in [3.63, 3.8) is 0 Å². The predicted molar refractivity (Wildman–Crippen MR) is 91.7 cm³/mol. The van der Waals surface area contributed by atoms with Gasteiger partial charge in [-0.25, -0.2) is 4.98 Å². The lowest BCUT2D eigenvalue weighted by Crippen LogP contribution is -2.36. The normalized spacial score (nSPS) is 17.7. The van der Waals surface area contributed by atoms with E-state index in [2.05, 4.69) is 10.3 Å². The third-order valence-electron chi connectivity index (χ3n) is 3.83. The average molecular weight is 328 g/mol. The smallest absolute Gasteiger partial charge is 0.233 e. The molecule has 0 saturated carbocycles. The minimum absolute atomic E-state index is 0.0153. The molecule has 4 nitrogen and oxygen atoms in total. The van der Waals surface area contributed by atoms with Crippen LogP contribution in [0.1, 0.15) is 30.5 Å². The highest BCUT2D eigenvalue weighted by Gasteiger charge is 2.25. The number of hydrogen-bond acceptors (Lipinski definition) is 4. The van der Waals surface area contributed by atoms with E-state index >= 15 is 0 Å². The molecular formula is C18H20N2O2S. The molecule has 5 heteroatoms. The molecule has 1 aliphatic rings. The summed E-state index contributed by atoms with van der Waals surface area (Å²) < 4.78 is 5.64. The number of aryl methyl sites for hydroxylation is 1. The van der Waals surface area contributed by atoms with Crippen molar-refractivity contribution in [2.45, 2.75) is 36.6 Å². The number of para-hydroxylation sites is 1. The third-order valence-corrected chi connectivity index (χ3v) is 4.88. The summed E-state index contributed by atoms with van der Waals surface area (Å²) in [6.45, 7) is 4.54. The maximum atomic E-state index is 12.5. The van der Waals surface area contributed by atoms with Crippen molar-refractivity contribution in [3.8, 4) is 5.75 Å². The number of benzene rings is 1. The molecule has 2 aromatic rings. The Morgan fingerprint density at radius 2 is 2.17 bits per heavy atom. The molecule has 1 N–H and O–H groups in total. The zero-order chi connectivity index (χ0) is 16.2. The van der Waals surface area contributed by atoms with Crippen LogP contribution >= 0.6 is 11.8 Å². The molecule has 0 radical (unpaired) electrons. The number of carbonyl (C=O) groups is 1. The Labute approximate surface area is 140 Å². The van der Waals surface area contributed by atoms with Gasteiger partial charge in [0.15, 0.2) is 0 Å². The summed E-state index contributed by atoms with van der Waals surface area (Å²) in [7, 11) is 0. The highest BCUT2D eigenvalue weighted by atomic mass is 32.2. The molecule has 2 atom stereocenters. The van der Waals surface area contributed by atoms with Gasteiger partial charge in [-0.3, -0.25) is 4.79 Å². The Morgan fingerprint density at radius 1 is 1.35 bits per heavy atom. The van der Waals surface area contributed by atoms with Crippen LogP contribution in [0.4, 0.5) is 0 Å². The fourth-order valence-corrected chi connectivity index (χ4v) is 3.34. The van der Waals surface area contributed by atoms with Gasteiger partial charge >= 0.3 is 0 Å². The molecule has 120 valence electrons. The third kappa shape index (κ3) is 3.85. The van der Waals surface area contributed by atoms with Crippen LogP contribution < -0.4 is 10.1 Å². The first kappa shape index (κ1) is 15.9. The van der Waals surface area contributed by atoms with Crippen LogP contribution in [-0.4, -0.2) is 22.7 Å². The Hall–Kier alpha value is -2.01. The lowest BCUT2D eigenvalue weighted by molar-refractivity contribution is -0.121. The average Bonchev–Trinajstić information content (AvgIpc) is 2.57. The second kappa shape index (κ2) is 7.04. The predicted octanol–water partition coefficient (Wildman–Crippen LogP) is 3.51. The maximum Gasteiger partial charge on any atom is 0.233 e. The summed E-state index contributed by atoms with van der Waals surface area (Å²) in [5, 5.41) is 3.81. The number of hydrogen-bond donors (Lipinski definition) is 1. The SMILES string of the molecule is Cc1ccc(SC(C)C(=O)NC2CCOc3ccccc32)nc1. The lowest BCUT2D eigenvalue weighted by Gasteiger charge is -2.27. The summed E-state index contributed by atoms with van der Waals surface area (Å²) in [5.74, 6) is 0.892. The molecule has 1 aliphatic heterocycles. The van der Waals surface area contributed by atoms with Crippen LogP contribution in [-0.2, 0) is 4.79 Å². The molecule has 2 unspecified atom stereocenters. The number of ether oxygens (including phenoxy) is 1. The number of pyridine rings is 1. The number of aromatic nitrogens is 1. The Balaban J connectivity index is 1.64. The van der Waals surface area contributed by atoms with Gasteiger partial charge in [0.1, 0.15) is 5.75 Å². The molecule has 0 aliphatic carbocycles. The minimum Gasteiger partial charge on any atom is -0.493 e. The van der Waals surface area contributed by atoms with Gasteiger partial charge in [0.05, 0.1) is 22.9 Å². The van der Waals surface area contributed by atoms with Crippen molar-refractivity contribution in [3.05, 3.63) is 53.7 Å². The fraction of sp³-hybridized carbons (Fsp3) is 0.333. The highest BCUT2D eigenvalue weighted by molar-refractivity contribution is 8.00. The van der Waals surface area contributed by atoms with Crippen LogP contribution in [0, 0.1) is 6.92 Å². The highest BCUT2D eigenvalue weighted by Crippen LogP contribution is 2.32. The summed E-state index contributed by atoms with van der Waals surface area (Å²) in [5.41, 5.74) is 2.17. The fourth-order valence-electron chi connectivity index (χ4n) is 2.54. The molecule has 1 aromatic carbocycles. The van der Waals surface area contributed by atoms with Crippen molar-refractivity contribution in [2.75, 3.05) is 6.61 Å². The lowest BCUT2D eigenvalue weighted by atomic mass is 10.0. The maximum absolute atomic E-state index is 12.5. The van der Waals surface area contributed by atoms with Crippen LogP contribution in [0.15, 0.2) is 47.6 Å². The van der Waals surface area contributed by atoms with Crippen LogP contribution in [0.25, 0.3) is 0 Å². The van der Waals surface area contributed by atoms with Crippen molar-refractivity contribution < 1.29 is 9.53 Å². The Bertz CT molecular complexity index is 688. The first-order chi connectivity index (χ1) is 11.1. The monoisotopic (exact) mass is 328 g/mol. The number of rotatable bonds is 4. The summed E-state index contributed by atoms with van der Waals surface area (Å²) in [4.78, 5) is 16.8. The topological polar surface area (TPSA) is 51.2 Å². The van der Waals surface area contributed by atoms with E-state index in [1.165, 1.54) is 11.8 Å². The van der Waals surface area contributed by atoms with Crippen LogP contribution in [0.5, 0.6) is 5.75 Å².